The minimum Gasteiger partial charge on any atom is -0.354 e. The molecular weight excluding hydrogens is 479 g/mol. The highest BCUT2D eigenvalue weighted by Crippen LogP contribution is 2.07. The molecule has 2 aromatic carbocycles. The highest BCUT2D eigenvalue weighted by molar-refractivity contribution is 14.0. The number of benzene rings is 2. The predicted molar refractivity (Wildman–Crippen MR) is 127 cm³/mol. The molecular formula is C21H25IN6O. The Morgan fingerprint density at radius 2 is 1.72 bits per heavy atom. The first-order valence-corrected chi connectivity index (χ1v) is 9.14. The molecule has 0 spiro atoms. The van der Waals surface area contributed by atoms with E-state index in [0.717, 1.165) is 11.3 Å². The van der Waals surface area contributed by atoms with Crippen molar-refractivity contribution in [2.75, 3.05) is 18.4 Å². The van der Waals surface area contributed by atoms with Gasteiger partial charge in [-0.25, -0.2) is 4.99 Å². The molecule has 0 saturated heterocycles. The van der Waals surface area contributed by atoms with Gasteiger partial charge >= 0.3 is 0 Å². The average Bonchev–Trinajstić information content (AvgIpc) is 3.26. The summed E-state index contributed by atoms with van der Waals surface area (Å²) >= 11 is 0. The molecule has 29 heavy (non-hydrogen) atoms. The first-order valence-electron chi connectivity index (χ1n) is 9.14. The van der Waals surface area contributed by atoms with E-state index >= 15 is 0 Å². The van der Waals surface area contributed by atoms with Gasteiger partial charge in [-0.2, -0.15) is 5.10 Å². The molecule has 0 aliphatic rings. The number of amides is 1. The lowest BCUT2D eigenvalue weighted by molar-refractivity contribution is 0.0949. The molecule has 0 aliphatic heterocycles. The predicted octanol–water partition coefficient (Wildman–Crippen LogP) is 3.32. The number of nitrogens with one attached hydrogen (secondary N) is 4. The number of hydrogen-bond donors (Lipinski definition) is 4. The Bertz CT molecular complexity index is 895. The average molecular weight is 504 g/mol. The minimum atomic E-state index is -0.187. The second-order valence-corrected chi connectivity index (χ2v) is 6.29. The van der Waals surface area contributed by atoms with Crippen LogP contribution in [-0.2, 0) is 6.54 Å². The van der Waals surface area contributed by atoms with E-state index in [1.807, 2.05) is 30.3 Å². The smallest absolute Gasteiger partial charge is 0.269 e. The lowest BCUT2D eigenvalue weighted by atomic mass is 10.1. The lowest BCUT2D eigenvalue weighted by Gasteiger charge is -2.13. The number of guanidine groups is 1. The van der Waals surface area contributed by atoms with Gasteiger partial charge in [0, 0.05) is 25.0 Å². The van der Waals surface area contributed by atoms with Crippen molar-refractivity contribution >= 4 is 41.5 Å². The zero-order valence-corrected chi connectivity index (χ0v) is 18.5. The van der Waals surface area contributed by atoms with Crippen LogP contribution in [0.3, 0.4) is 0 Å². The van der Waals surface area contributed by atoms with E-state index in [1.165, 1.54) is 5.56 Å². The molecule has 152 valence electrons. The van der Waals surface area contributed by atoms with E-state index < -0.39 is 0 Å². The normalized spacial score (nSPS) is 10.7. The highest BCUT2D eigenvalue weighted by atomic mass is 127. The standard InChI is InChI=1S/C21H24N6O.HI/c1-16-7-9-17(10-8-16)15-24-21(26-18-5-3-2-4-6-18)23-14-13-22-20(28)19-11-12-25-27-19;/h2-12H,13-15H2,1H3,(H,22,28)(H,25,27)(H2,23,24,26);1H. The zero-order chi connectivity index (χ0) is 19.6. The summed E-state index contributed by atoms with van der Waals surface area (Å²) in [5.74, 6) is 0.469. The molecule has 0 radical (unpaired) electrons. The Hall–Kier alpha value is -2.88. The number of aryl methyl sites for hydroxylation is 1. The van der Waals surface area contributed by atoms with Gasteiger partial charge in [-0.05, 0) is 30.7 Å². The third-order valence-corrected chi connectivity index (χ3v) is 4.03. The van der Waals surface area contributed by atoms with Crippen LogP contribution in [0.1, 0.15) is 21.6 Å². The second-order valence-electron chi connectivity index (χ2n) is 6.29. The van der Waals surface area contributed by atoms with E-state index in [-0.39, 0.29) is 29.9 Å². The first-order chi connectivity index (χ1) is 13.7. The number of anilines is 1. The van der Waals surface area contributed by atoms with Crippen molar-refractivity contribution < 1.29 is 4.79 Å². The maximum Gasteiger partial charge on any atom is 0.269 e. The summed E-state index contributed by atoms with van der Waals surface area (Å²) in [5, 5.41) is 15.8. The summed E-state index contributed by atoms with van der Waals surface area (Å²) in [4.78, 5) is 16.6. The lowest BCUT2D eigenvalue weighted by Crippen LogP contribution is -2.38. The number of rotatable bonds is 7. The third-order valence-electron chi connectivity index (χ3n) is 4.03. The summed E-state index contributed by atoms with van der Waals surface area (Å²) in [6.45, 7) is 3.61. The molecule has 1 amide bonds. The Labute approximate surface area is 187 Å². The number of carbonyl (C=O) groups is 1. The molecule has 7 nitrogen and oxygen atoms in total. The summed E-state index contributed by atoms with van der Waals surface area (Å²) < 4.78 is 0. The van der Waals surface area contributed by atoms with Crippen LogP contribution in [-0.4, -0.2) is 35.2 Å². The number of para-hydroxylation sites is 1. The van der Waals surface area contributed by atoms with Crippen LogP contribution in [0.15, 0.2) is 71.9 Å². The van der Waals surface area contributed by atoms with Gasteiger partial charge in [0.25, 0.3) is 5.91 Å². The van der Waals surface area contributed by atoms with E-state index in [1.54, 1.807) is 12.3 Å². The van der Waals surface area contributed by atoms with Gasteiger partial charge in [0.1, 0.15) is 5.69 Å². The van der Waals surface area contributed by atoms with Crippen molar-refractivity contribution in [2.24, 2.45) is 4.99 Å². The fourth-order valence-electron chi connectivity index (χ4n) is 2.50. The summed E-state index contributed by atoms with van der Waals surface area (Å²) in [5.41, 5.74) is 3.74. The SMILES string of the molecule is Cc1ccc(CN=C(NCCNC(=O)c2ccn[nH]2)Nc2ccccc2)cc1.I. The first kappa shape index (κ1) is 22.4. The monoisotopic (exact) mass is 504 g/mol. The number of nitrogens with zero attached hydrogens (tertiary/aromatic N) is 2. The van der Waals surface area contributed by atoms with Crippen LogP contribution in [0.2, 0.25) is 0 Å². The van der Waals surface area contributed by atoms with Crippen LogP contribution in [0.5, 0.6) is 0 Å². The zero-order valence-electron chi connectivity index (χ0n) is 16.2. The number of H-pyrrole nitrogens is 1. The van der Waals surface area contributed by atoms with Crippen molar-refractivity contribution in [3.05, 3.63) is 83.7 Å². The van der Waals surface area contributed by atoms with E-state index in [9.17, 15) is 4.79 Å². The largest absolute Gasteiger partial charge is 0.354 e. The number of halogens is 1. The molecule has 3 rings (SSSR count). The van der Waals surface area contributed by atoms with Gasteiger partial charge in [-0.1, -0.05) is 48.0 Å². The molecule has 0 aliphatic carbocycles. The quantitative estimate of drug-likeness (QED) is 0.172. The number of carbonyl (C=O) groups excluding carboxylic acids is 1. The van der Waals surface area contributed by atoms with Gasteiger partial charge in [0.05, 0.1) is 6.54 Å². The maximum absolute atomic E-state index is 11.9. The Morgan fingerprint density at radius 3 is 2.41 bits per heavy atom. The number of aliphatic imine (C=N–C) groups is 1. The van der Waals surface area contributed by atoms with Crippen LogP contribution in [0, 0.1) is 6.92 Å². The van der Waals surface area contributed by atoms with Gasteiger partial charge < -0.3 is 16.0 Å². The molecule has 8 heteroatoms. The molecule has 3 aromatic rings. The van der Waals surface area contributed by atoms with Crippen molar-refractivity contribution in [3.63, 3.8) is 0 Å². The van der Waals surface area contributed by atoms with Crippen molar-refractivity contribution in [1.29, 1.82) is 0 Å². The molecule has 1 aromatic heterocycles. The second kappa shape index (κ2) is 11.8. The molecule has 0 atom stereocenters. The minimum absolute atomic E-state index is 0. The number of aromatic amines is 1. The molecule has 1 heterocycles. The van der Waals surface area contributed by atoms with Gasteiger partial charge in [0.2, 0.25) is 0 Å². The van der Waals surface area contributed by atoms with Gasteiger partial charge in [-0.3, -0.25) is 9.89 Å². The third kappa shape index (κ3) is 7.57. The fraction of sp³-hybridized carbons (Fsp3) is 0.190. The van der Waals surface area contributed by atoms with Crippen molar-refractivity contribution in [1.82, 2.24) is 20.8 Å². The van der Waals surface area contributed by atoms with Gasteiger partial charge in [-0.15, -0.1) is 24.0 Å². The summed E-state index contributed by atoms with van der Waals surface area (Å²) in [6, 6.07) is 19.8. The number of aromatic nitrogens is 2. The Kier molecular flexibility index (Phi) is 9.16. The van der Waals surface area contributed by atoms with E-state index in [2.05, 4.69) is 62.3 Å². The van der Waals surface area contributed by atoms with E-state index in [0.29, 0.717) is 31.3 Å². The number of hydrogen-bond acceptors (Lipinski definition) is 3. The molecule has 0 bridgehead atoms. The van der Waals surface area contributed by atoms with Crippen molar-refractivity contribution in [2.45, 2.75) is 13.5 Å². The maximum atomic E-state index is 11.9. The fourth-order valence-corrected chi connectivity index (χ4v) is 2.50. The summed E-state index contributed by atoms with van der Waals surface area (Å²) in [7, 11) is 0. The molecule has 0 fully saturated rings. The van der Waals surface area contributed by atoms with Crippen LogP contribution in [0.25, 0.3) is 0 Å². The Balaban J connectivity index is 0.00000300. The highest BCUT2D eigenvalue weighted by Gasteiger charge is 2.06. The van der Waals surface area contributed by atoms with Gasteiger partial charge in [0.15, 0.2) is 5.96 Å². The van der Waals surface area contributed by atoms with E-state index in [4.69, 9.17) is 0 Å². The van der Waals surface area contributed by atoms with Crippen molar-refractivity contribution in [3.8, 4) is 0 Å². The topological polar surface area (TPSA) is 94.2 Å². The van der Waals surface area contributed by atoms with Crippen LogP contribution < -0.4 is 16.0 Å². The molecule has 0 unspecified atom stereocenters. The molecule has 4 N–H and O–H groups in total. The van der Waals surface area contributed by atoms with Crippen LogP contribution >= 0.6 is 24.0 Å². The summed E-state index contributed by atoms with van der Waals surface area (Å²) in [6.07, 6.45) is 1.55. The Morgan fingerprint density at radius 1 is 1.00 bits per heavy atom. The molecule has 0 saturated carbocycles. The van der Waals surface area contributed by atoms with Crippen LogP contribution in [0.4, 0.5) is 5.69 Å².